The minimum Gasteiger partial charge on any atom is -0.454 e. The Morgan fingerprint density at radius 2 is 1.81 bits per heavy atom. The van der Waals surface area contributed by atoms with Crippen LogP contribution >= 0.6 is 11.6 Å². The predicted molar refractivity (Wildman–Crippen MR) is 99.5 cm³/mol. The molecule has 0 saturated carbocycles. The Hall–Kier alpha value is -3.12. The number of hydrogen-bond acceptors (Lipinski definition) is 4. The van der Waals surface area contributed by atoms with Gasteiger partial charge in [0.1, 0.15) is 6.54 Å². The number of rotatable bonds is 7. The molecule has 2 aromatic carbocycles. The van der Waals surface area contributed by atoms with Crippen LogP contribution in [-0.2, 0) is 19.1 Å². The van der Waals surface area contributed by atoms with E-state index >= 15 is 0 Å². The van der Waals surface area contributed by atoms with Crippen LogP contribution < -0.4 is 10.6 Å². The lowest BCUT2D eigenvalue weighted by Gasteiger charge is -2.07. The van der Waals surface area contributed by atoms with E-state index in [1.165, 1.54) is 6.08 Å². The number of carbonyl (C=O) groups excluding carboxylic acids is 3. The van der Waals surface area contributed by atoms with Gasteiger partial charge in [0.2, 0.25) is 5.91 Å². The van der Waals surface area contributed by atoms with Crippen molar-refractivity contribution in [2.75, 3.05) is 18.5 Å². The van der Waals surface area contributed by atoms with Crippen LogP contribution in [0.15, 0.2) is 60.7 Å². The molecule has 0 fully saturated rings. The summed E-state index contributed by atoms with van der Waals surface area (Å²) < 4.78 is 4.80. The van der Waals surface area contributed by atoms with Gasteiger partial charge in [0, 0.05) is 16.8 Å². The molecule has 2 aromatic rings. The Balaban J connectivity index is 1.67. The topological polar surface area (TPSA) is 84.5 Å². The minimum absolute atomic E-state index is 0.331. The van der Waals surface area contributed by atoms with E-state index in [2.05, 4.69) is 10.6 Å². The Kier molecular flexibility index (Phi) is 7.39. The van der Waals surface area contributed by atoms with Crippen molar-refractivity contribution in [3.63, 3.8) is 0 Å². The van der Waals surface area contributed by atoms with Crippen LogP contribution in [0.5, 0.6) is 0 Å². The molecule has 0 aliphatic carbocycles. The highest BCUT2D eigenvalue weighted by molar-refractivity contribution is 6.30. The summed E-state index contributed by atoms with van der Waals surface area (Å²) in [5.41, 5.74) is 1.36. The zero-order valence-corrected chi connectivity index (χ0v) is 14.5. The van der Waals surface area contributed by atoms with Crippen molar-refractivity contribution in [1.29, 1.82) is 0 Å². The first-order valence-electron chi connectivity index (χ1n) is 7.75. The quantitative estimate of drug-likeness (QED) is 0.578. The first kappa shape index (κ1) is 19.2. The Morgan fingerprint density at radius 1 is 1.04 bits per heavy atom. The molecule has 6 nitrogen and oxygen atoms in total. The molecule has 134 valence electrons. The predicted octanol–water partition coefficient (Wildman–Crippen LogP) is 2.65. The molecule has 2 N–H and O–H groups in total. The first-order chi connectivity index (χ1) is 12.5. The summed E-state index contributed by atoms with van der Waals surface area (Å²) >= 11 is 5.81. The van der Waals surface area contributed by atoms with Crippen molar-refractivity contribution in [1.82, 2.24) is 5.32 Å². The van der Waals surface area contributed by atoms with Gasteiger partial charge in [0.15, 0.2) is 6.61 Å². The molecule has 2 rings (SSSR count). The van der Waals surface area contributed by atoms with Gasteiger partial charge in [-0.1, -0.05) is 48.0 Å². The molecule has 0 saturated heterocycles. The number of esters is 1. The minimum atomic E-state index is -0.715. The van der Waals surface area contributed by atoms with Crippen molar-refractivity contribution in [3.05, 3.63) is 71.3 Å². The van der Waals surface area contributed by atoms with E-state index in [0.29, 0.717) is 10.7 Å². The van der Waals surface area contributed by atoms with Gasteiger partial charge in [-0.05, 0) is 29.8 Å². The fourth-order valence-electron chi connectivity index (χ4n) is 1.91. The van der Waals surface area contributed by atoms with Crippen LogP contribution in [0.25, 0.3) is 6.08 Å². The molecule has 26 heavy (non-hydrogen) atoms. The van der Waals surface area contributed by atoms with Crippen molar-refractivity contribution < 1.29 is 19.1 Å². The third-order valence-electron chi connectivity index (χ3n) is 3.11. The van der Waals surface area contributed by atoms with E-state index in [9.17, 15) is 14.4 Å². The van der Waals surface area contributed by atoms with Crippen molar-refractivity contribution in [2.45, 2.75) is 0 Å². The monoisotopic (exact) mass is 372 g/mol. The van der Waals surface area contributed by atoms with Gasteiger partial charge in [-0.25, -0.2) is 0 Å². The first-order valence-corrected chi connectivity index (χ1v) is 8.13. The Morgan fingerprint density at radius 3 is 2.54 bits per heavy atom. The molecule has 0 radical (unpaired) electrons. The summed E-state index contributed by atoms with van der Waals surface area (Å²) in [4.78, 5) is 34.9. The summed E-state index contributed by atoms with van der Waals surface area (Å²) in [6.07, 6.45) is 2.94. The molecule has 0 aromatic heterocycles. The van der Waals surface area contributed by atoms with Crippen LogP contribution in [-0.4, -0.2) is 30.9 Å². The molecule has 2 amide bonds. The highest BCUT2D eigenvalue weighted by Gasteiger charge is 2.09. The van der Waals surface area contributed by atoms with Crippen LogP contribution in [0.2, 0.25) is 5.02 Å². The zero-order chi connectivity index (χ0) is 18.8. The number of benzene rings is 2. The summed E-state index contributed by atoms with van der Waals surface area (Å²) in [5, 5.41) is 5.40. The molecule has 0 atom stereocenters. The maximum Gasteiger partial charge on any atom is 0.325 e. The molecule has 7 heteroatoms. The molecule has 0 heterocycles. The van der Waals surface area contributed by atoms with E-state index in [1.807, 2.05) is 30.3 Å². The van der Waals surface area contributed by atoms with E-state index in [-0.39, 0.29) is 6.54 Å². The van der Waals surface area contributed by atoms with Gasteiger partial charge in [-0.15, -0.1) is 0 Å². The maximum absolute atomic E-state index is 11.7. The van der Waals surface area contributed by atoms with Crippen LogP contribution in [0.1, 0.15) is 5.56 Å². The molecule has 0 aliphatic rings. The summed E-state index contributed by atoms with van der Waals surface area (Å²) in [7, 11) is 0. The van der Waals surface area contributed by atoms with Crippen LogP contribution in [0, 0.1) is 0 Å². The van der Waals surface area contributed by atoms with Crippen LogP contribution in [0.3, 0.4) is 0 Å². The second kappa shape index (κ2) is 10.0. The van der Waals surface area contributed by atoms with Crippen LogP contribution in [0.4, 0.5) is 5.69 Å². The number of halogens is 1. The highest BCUT2D eigenvalue weighted by atomic mass is 35.5. The van der Waals surface area contributed by atoms with Gasteiger partial charge in [-0.2, -0.15) is 0 Å². The van der Waals surface area contributed by atoms with Gasteiger partial charge < -0.3 is 15.4 Å². The van der Waals surface area contributed by atoms with Crippen molar-refractivity contribution in [3.8, 4) is 0 Å². The molecule has 0 unspecified atom stereocenters. The lowest BCUT2D eigenvalue weighted by Crippen LogP contribution is -2.31. The summed E-state index contributed by atoms with van der Waals surface area (Å²) in [5.74, 6) is -1.65. The number of ether oxygens (including phenoxy) is 1. The van der Waals surface area contributed by atoms with E-state index in [1.54, 1.807) is 30.3 Å². The summed E-state index contributed by atoms with van der Waals surface area (Å²) in [6, 6.07) is 15.8. The van der Waals surface area contributed by atoms with Crippen molar-refractivity contribution >= 4 is 41.1 Å². The number of carbonyl (C=O) groups is 3. The Labute approximate surface area is 155 Å². The SMILES string of the molecule is O=C(/C=C/c1ccccc1)NCC(=O)OCC(=O)Nc1cccc(Cl)c1. The average molecular weight is 373 g/mol. The van der Waals surface area contributed by atoms with E-state index in [0.717, 1.165) is 5.56 Å². The Bertz CT molecular complexity index is 806. The van der Waals surface area contributed by atoms with Gasteiger partial charge in [0.05, 0.1) is 0 Å². The number of hydrogen-bond donors (Lipinski definition) is 2. The fraction of sp³-hybridized carbons (Fsp3) is 0.105. The molecule has 0 bridgehead atoms. The standard InChI is InChI=1S/C19H17ClN2O4/c20-15-7-4-8-16(11-15)22-18(24)13-26-19(25)12-21-17(23)10-9-14-5-2-1-3-6-14/h1-11H,12-13H2,(H,21,23)(H,22,24)/b10-9+. The van der Waals surface area contributed by atoms with Gasteiger partial charge in [-0.3, -0.25) is 14.4 Å². The maximum atomic E-state index is 11.7. The largest absolute Gasteiger partial charge is 0.454 e. The molecule has 0 aliphatic heterocycles. The summed E-state index contributed by atoms with van der Waals surface area (Å²) in [6.45, 7) is -0.788. The zero-order valence-electron chi connectivity index (χ0n) is 13.8. The number of amides is 2. The van der Waals surface area contributed by atoms with Gasteiger partial charge in [0.25, 0.3) is 5.91 Å². The molecule has 0 spiro atoms. The number of nitrogens with one attached hydrogen (secondary N) is 2. The fourth-order valence-corrected chi connectivity index (χ4v) is 2.10. The van der Waals surface area contributed by atoms with E-state index in [4.69, 9.17) is 16.3 Å². The van der Waals surface area contributed by atoms with Gasteiger partial charge >= 0.3 is 5.97 Å². The molecular weight excluding hydrogens is 356 g/mol. The second-order valence-corrected chi connectivity index (χ2v) is 5.62. The normalized spacial score (nSPS) is 10.3. The lowest BCUT2D eigenvalue weighted by atomic mass is 10.2. The van der Waals surface area contributed by atoms with E-state index < -0.39 is 24.4 Å². The van der Waals surface area contributed by atoms with Crippen molar-refractivity contribution in [2.24, 2.45) is 0 Å². The third kappa shape index (κ3) is 7.19. The number of anilines is 1. The average Bonchev–Trinajstić information content (AvgIpc) is 2.64. The smallest absolute Gasteiger partial charge is 0.325 e. The highest BCUT2D eigenvalue weighted by Crippen LogP contribution is 2.14. The molecular formula is C19H17ClN2O4. The lowest BCUT2D eigenvalue weighted by molar-refractivity contribution is -0.146. The second-order valence-electron chi connectivity index (χ2n) is 5.18. The third-order valence-corrected chi connectivity index (χ3v) is 3.34.